The van der Waals surface area contributed by atoms with E-state index in [1.54, 1.807) is 0 Å². The van der Waals surface area contributed by atoms with Crippen LogP contribution in [0.2, 0.25) is 0 Å². The zero-order valence-electron chi connectivity index (χ0n) is 16.6. The first kappa shape index (κ1) is 23.4. The van der Waals surface area contributed by atoms with Crippen LogP contribution in [0.5, 0.6) is 5.75 Å². The molecule has 2 aromatic carbocycles. The quantitative estimate of drug-likeness (QED) is 0.358. The molecule has 0 atom stereocenters. The number of hydrogen-bond donors (Lipinski definition) is 1. The average Bonchev–Trinajstić information content (AvgIpc) is 2.69. The maximum Gasteiger partial charge on any atom is 0.491 e. The number of hydrogen-bond acceptors (Lipinski definition) is 5. The lowest BCUT2D eigenvalue weighted by Crippen LogP contribution is -2.29. The lowest BCUT2D eigenvalue weighted by molar-refractivity contribution is -0.201. The molecule has 5 nitrogen and oxygen atoms in total. The van der Waals surface area contributed by atoms with Crippen LogP contribution in [0.3, 0.4) is 0 Å². The van der Waals surface area contributed by atoms with Crippen LogP contribution in [-0.4, -0.2) is 37.8 Å². The largest absolute Gasteiger partial charge is 0.493 e. The Morgan fingerprint density at radius 1 is 0.900 bits per heavy atom. The molecule has 1 N–H and O–H groups in total. The van der Waals surface area contributed by atoms with Gasteiger partial charge in [0.25, 0.3) is 0 Å². The van der Waals surface area contributed by atoms with Gasteiger partial charge in [-0.15, -0.1) is 0 Å². The second-order valence-electron chi connectivity index (χ2n) is 6.74. The van der Waals surface area contributed by atoms with Crippen molar-refractivity contribution in [2.45, 2.75) is 32.4 Å². The van der Waals surface area contributed by atoms with E-state index in [1.807, 2.05) is 31.2 Å². The van der Waals surface area contributed by atoms with Gasteiger partial charge in [-0.2, -0.15) is 13.2 Å². The molecule has 0 spiro atoms. The summed E-state index contributed by atoms with van der Waals surface area (Å²) in [5.41, 5.74) is 3.49. The van der Waals surface area contributed by atoms with E-state index in [0.717, 1.165) is 17.7 Å². The first-order chi connectivity index (χ1) is 14.2. The third-order valence-electron chi connectivity index (χ3n) is 4.24. The molecule has 0 bridgehead atoms. The van der Waals surface area contributed by atoms with Gasteiger partial charge in [0.1, 0.15) is 5.75 Å². The molecule has 2 aromatic rings. The van der Waals surface area contributed by atoms with Crippen LogP contribution in [0.15, 0.2) is 48.5 Å². The number of halogens is 3. The summed E-state index contributed by atoms with van der Waals surface area (Å²) in [6.45, 7) is 3.27. The third kappa shape index (κ3) is 8.65. The highest BCUT2D eigenvalue weighted by Crippen LogP contribution is 2.16. The predicted molar refractivity (Wildman–Crippen MR) is 105 cm³/mol. The minimum Gasteiger partial charge on any atom is -0.493 e. The minimum absolute atomic E-state index is 0.115. The Hall–Kier alpha value is -2.87. The summed E-state index contributed by atoms with van der Waals surface area (Å²) < 4.78 is 45.4. The highest BCUT2D eigenvalue weighted by atomic mass is 19.4. The molecule has 8 heteroatoms. The van der Waals surface area contributed by atoms with Crippen molar-refractivity contribution in [2.24, 2.45) is 0 Å². The maximum atomic E-state index is 12.0. The molecular weight excluding hydrogens is 399 g/mol. The molecule has 0 saturated carbocycles. The molecule has 162 valence electrons. The lowest BCUT2D eigenvalue weighted by Gasteiger charge is -2.09. The molecule has 0 aliphatic rings. The smallest absolute Gasteiger partial charge is 0.491 e. The Morgan fingerprint density at radius 2 is 1.50 bits per heavy atom. The van der Waals surface area contributed by atoms with Gasteiger partial charge in [0.05, 0.1) is 13.0 Å². The van der Waals surface area contributed by atoms with E-state index in [2.05, 4.69) is 34.3 Å². The Labute approximate surface area is 173 Å². The topological polar surface area (TPSA) is 64.6 Å². The number of ether oxygens (including phenoxy) is 2. The second-order valence-corrected chi connectivity index (χ2v) is 6.74. The zero-order chi connectivity index (χ0) is 22.0. The van der Waals surface area contributed by atoms with E-state index < -0.39 is 18.1 Å². The van der Waals surface area contributed by atoms with Gasteiger partial charge in [0.2, 0.25) is 0 Å². The van der Waals surface area contributed by atoms with Gasteiger partial charge in [-0.3, -0.25) is 4.79 Å². The molecule has 30 heavy (non-hydrogen) atoms. The number of rotatable bonds is 10. The molecule has 0 heterocycles. The van der Waals surface area contributed by atoms with Crippen LogP contribution < -0.4 is 10.1 Å². The highest BCUT2D eigenvalue weighted by molar-refractivity contribution is 5.88. The van der Waals surface area contributed by atoms with E-state index in [4.69, 9.17) is 4.74 Å². The number of nitrogens with one attached hydrogen (secondary N) is 1. The number of alkyl halides is 3. The first-order valence-corrected chi connectivity index (χ1v) is 9.54. The van der Waals surface area contributed by atoms with E-state index in [9.17, 15) is 22.8 Å². The molecule has 0 aromatic heterocycles. The van der Waals surface area contributed by atoms with Gasteiger partial charge >= 0.3 is 18.1 Å². The Morgan fingerprint density at radius 3 is 2.13 bits per heavy atom. The monoisotopic (exact) mass is 423 g/mol. The fourth-order valence-electron chi connectivity index (χ4n) is 2.55. The standard InChI is InChI=1S/C22H24F3NO4/c1-16-2-4-18(5-3-16)12-15-29-19-8-6-17(7-9-19)10-13-26-14-11-20(27)30-21(28)22(23,24)25/h2-9,26H,10-15H2,1H3. The number of carbonyl (C=O) groups is 2. The van der Waals surface area contributed by atoms with Crippen molar-refractivity contribution >= 4 is 11.9 Å². The van der Waals surface area contributed by atoms with Crippen molar-refractivity contribution in [3.05, 3.63) is 65.2 Å². The molecule has 0 aliphatic heterocycles. The Balaban J connectivity index is 1.60. The molecule has 0 radical (unpaired) electrons. The third-order valence-corrected chi connectivity index (χ3v) is 4.24. The van der Waals surface area contributed by atoms with E-state index >= 15 is 0 Å². The lowest BCUT2D eigenvalue weighted by atomic mass is 10.1. The van der Waals surface area contributed by atoms with Crippen molar-refractivity contribution < 1.29 is 32.2 Å². The van der Waals surface area contributed by atoms with E-state index in [0.29, 0.717) is 19.6 Å². The van der Waals surface area contributed by atoms with E-state index in [1.165, 1.54) is 11.1 Å². The van der Waals surface area contributed by atoms with Crippen LogP contribution in [0.25, 0.3) is 0 Å². The number of carbonyl (C=O) groups excluding carboxylic acids is 2. The predicted octanol–water partition coefficient (Wildman–Crippen LogP) is 3.77. The van der Waals surface area contributed by atoms with Gasteiger partial charge in [0.15, 0.2) is 0 Å². The molecule has 2 rings (SSSR count). The molecule has 0 aliphatic carbocycles. The second kappa shape index (κ2) is 11.3. The Kier molecular flexibility index (Phi) is 8.86. The summed E-state index contributed by atoms with van der Waals surface area (Å²) in [5.74, 6) is -2.93. The van der Waals surface area contributed by atoms with Crippen molar-refractivity contribution in [3.63, 3.8) is 0 Å². The summed E-state index contributed by atoms with van der Waals surface area (Å²) in [7, 11) is 0. The van der Waals surface area contributed by atoms with Crippen molar-refractivity contribution in [2.75, 3.05) is 19.7 Å². The number of aryl methyl sites for hydroxylation is 1. The molecular formula is C22H24F3NO4. The van der Waals surface area contributed by atoms with Gasteiger partial charge in [-0.25, -0.2) is 4.79 Å². The average molecular weight is 423 g/mol. The van der Waals surface area contributed by atoms with Gasteiger partial charge in [-0.1, -0.05) is 42.0 Å². The Bertz CT molecular complexity index is 818. The van der Waals surface area contributed by atoms with Crippen LogP contribution in [0, 0.1) is 6.92 Å². The number of benzene rings is 2. The minimum atomic E-state index is -5.17. The fourth-order valence-corrected chi connectivity index (χ4v) is 2.55. The van der Waals surface area contributed by atoms with Gasteiger partial charge < -0.3 is 14.8 Å². The van der Waals surface area contributed by atoms with Crippen molar-refractivity contribution in [1.82, 2.24) is 5.32 Å². The SMILES string of the molecule is Cc1ccc(CCOc2ccc(CCNCCC(=O)OC(=O)C(F)(F)F)cc2)cc1. The van der Waals surface area contributed by atoms with Crippen LogP contribution in [-0.2, 0) is 27.2 Å². The van der Waals surface area contributed by atoms with E-state index in [-0.39, 0.29) is 13.0 Å². The van der Waals surface area contributed by atoms with Gasteiger partial charge in [0, 0.05) is 13.0 Å². The van der Waals surface area contributed by atoms with Crippen LogP contribution in [0.4, 0.5) is 13.2 Å². The summed E-state index contributed by atoms with van der Waals surface area (Å²) in [4.78, 5) is 21.7. The number of esters is 2. The fraction of sp³-hybridized carbons (Fsp3) is 0.364. The molecule has 0 saturated heterocycles. The first-order valence-electron chi connectivity index (χ1n) is 9.54. The molecule has 0 amide bonds. The summed E-state index contributed by atoms with van der Waals surface area (Å²) in [5, 5.41) is 2.92. The van der Waals surface area contributed by atoms with Crippen molar-refractivity contribution in [3.8, 4) is 5.75 Å². The molecule has 0 fully saturated rings. The van der Waals surface area contributed by atoms with Gasteiger partial charge in [-0.05, 0) is 43.1 Å². The zero-order valence-corrected chi connectivity index (χ0v) is 16.6. The normalized spacial score (nSPS) is 11.2. The summed E-state index contributed by atoms with van der Waals surface area (Å²) >= 11 is 0. The highest BCUT2D eigenvalue weighted by Gasteiger charge is 2.42. The summed E-state index contributed by atoms with van der Waals surface area (Å²) in [6, 6.07) is 15.9. The van der Waals surface area contributed by atoms with Crippen molar-refractivity contribution in [1.29, 1.82) is 0 Å². The summed E-state index contributed by atoms with van der Waals surface area (Å²) in [6.07, 6.45) is -4.00. The van der Waals surface area contributed by atoms with Crippen LogP contribution >= 0.6 is 0 Å². The molecule has 0 unspecified atom stereocenters. The maximum absolute atomic E-state index is 12.0. The van der Waals surface area contributed by atoms with Crippen LogP contribution in [0.1, 0.15) is 23.1 Å².